The maximum atomic E-state index is 13.3. The number of pyridine rings is 1. The van der Waals surface area contributed by atoms with Gasteiger partial charge in [0.1, 0.15) is 11.3 Å². The normalized spacial score (nSPS) is 21.4. The van der Waals surface area contributed by atoms with Crippen molar-refractivity contribution in [3.05, 3.63) is 65.0 Å². The maximum Gasteiger partial charge on any atom is 0.268 e. The van der Waals surface area contributed by atoms with Gasteiger partial charge in [-0.3, -0.25) is 15.6 Å². The van der Waals surface area contributed by atoms with Crippen LogP contribution < -0.4 is 16.2 Å². The van der Waals surface area contributed by atoms with E-state index in [1.54, 1.807) is 0 Å². The number of hydrazine groups is 1. The van der Waals surface area contributed by atoms with E-state index in [4.69, 9.17) is 4.98 Å². The van der Waals surface area contributed by atoms with Gasteiger partial charge in [0.2, 0.25) is 0 Å². The van der Waals surface area contributed by atoms with Gasteiger partial charge in [-0.25, -0.2) is 4.98 Å². The number of hydrogen-bond donors (Lipinski definition) is 4. The van der Waals surface area contributed by atoms with Crippen LogP contribution in [0.25, 0.3) is 11.0 Å². The number of aryl methyl sites for hydroxylation is 1. The van der Waals surface area contributed by atoms with Gasteiger partial charge < -0.3 is 15.0 Å². The fourth-order valence-corrected chi connectivity index (χ4v) is 4.74. The highest BCUT2D eigenvalue weighted by Gasteiger charge is 2.48. The van der Waals surface area contributed by atoms with Crippen molar-refractivity contribution in [3.63, 3.8) is 0 Å². The monoisotopic (exact) mass is 417 g/mol. The number of hydrogen-bond acceptors (Lipinski definition) is 5. The summed E-state index contributed by atoms with van der Waals surface area (Å²) in [6, 6.07) is 14.1. The van der Waals surface area contributed by atoms with Crippen LogP contribution in [0.1, 0.15) is 58.9 Å². The summed E-state index contributed by atoms with van der Waals surface area (Å²) in [7, 11) is 1.90. The van der Waals surface area contributed by atoms with Crippen molar-refractivity contribution in [1.82, 2.24) is 25.7 Å². The Morgan fingerprint density at radius 1 is 1.10 bits per heavy atom. The number of amides is 1. The molecule has 0 bridgehead atoms. The molecule has 7 nitrogen and oxygen atoms in total. The fraction of sp³-hybridized carbons (Fsp3) is 0.417. The minimum Gasteiger partial charge on any atom is -0.385 e. The SMILES string of the molecule is Cn1c(C(=O)NC2(c3cccc(C4(O)CC4)c3)CC2)cc2ccc(C3CNNC3)nc21. The van der Waals surface area contributed by atoms with Gasteiger partial charge in [0.15, 0.2) is 0 Å². The number of rotatable bonds is 5. The molecule has 3 aliphatic rings. The third-order valence-electron chi connectivity index (χ3n) is 7.15. The lowest BCUT2D eigenvalue weighted by Gasteiger charge is -2.20. The molecular weight excluding hydrogens is 390 g/mol. The number of nitrogens with zero attached hydrogens (tertiary/aromatic N) is 2. The lowest BCUT2D eigenvalue weighted by Crippen LogP contribution is -2.36. The van der Waals surface area contributed by atoms with Crippen LogP contribution in [0.3, 0.4) is 0 Å². The molecule has 1 saturated heterocycles. The topological polar surface area (TPSA) is 91.2 Å². The largest absolute Gasteiger partial charge is 0.385 e. The zero-order chi connectivity index (χ0) is 21.2. The van der Waals surface area contributed by atoms with Gasteiger partial charge in [-0.2, -0.15) is 0 Å². The lowest BCUT2D eigenvalue weighted by atomic mass is 9.98. The Morgan fingerprint density at radius 3 is 2.55 bits per heavy atom. The summed E-state index contributed by atoms with van der Waals surface area (Å²) < 4.78 is 1.89. The third-order valence-corrected chi connectivity index (χ3v) is 7.15. The van der Waals surface area contributed by atoms with Gasteiger partial charge in [0, 0.05) is 37.1 Å². The highest BCUT2D eigenvalue weighted by molar-refractivity contribution is 5.98. The Hall–Kier alpha value is -2.74. The predicted molar refractivity (Wildman–Crippen MR) is 117 cm³/mol. The first-order valence-corrected chi connectivity index (χ1v) is 11.1. The van der Waals surface area contributed by atoms with Gasteiger partial charge >= 0.3 is 0 Å². The molecule has 3 heterocycles. The van der Waals surface area contributed by atoms with Crippen LogP contribution in [0.15, 0.2) is 42.5 Å². The molecule has 2 saturated carbocycles. The van der Waals surface area contributed by atoms with Crippen molar-refractivity contribution in [2.75, 3.05) is 13.1 Å². The molecule has 2 aromatic heterocycles. The molecule has 3 fully saturated rings. The standard InChI is InChI=1S/C24H27N5O2/c1-29-20(11-15-5-6-19(27-21(15)29)16-13-25-26-14-16)22(30)28-23(7-8-23)17-3-2-4-18(12-17)24(31)9-10-24/h2-6,11-12,16,25-26,31H,7-10,13-14H2,1H3,(H,28,30). The second kappa shape index (κ2) is 6.63. The second-order valence-electron chi connectivity index (χ2n) is 9.34. The van der Waals surface area contributed by atoms with Crippen molar-refractivity contribution in [2.45, 2.75) is 42.7 Å². The first-order valence-electron chi connectivity index (χ1n) is 11.1. The van der Waals surface area contributed by atoms with Crippen molar-refractivity contribution in [3.8, 4) is 0 Å². The number of benzene rings is 1. The molecule has 6 rings (SSSR count). The van der Waals surface area contributed by atoms with Crippen LogP contribution in [0.2, 0.25) is 0 Å². The van der Waals surface area contributed by atoms with Crippen molar-refractivity contribution < 1.29 is 9.90 Å². The molecule has 7 heteroatoms. The quantitative estimate of drug-likeness (QED) is 0.511. The number of aromatic nitrogens is 2. The van der Waals surface area contributed by atoms with E-state index in [2.05, 4.69) is 40.4 Å². The van der Waals surface area contributed by atoms with Gasteiger partial charge in [0.05, 0.1) is 11.1 Å². The summed E-state index contributed by atoms with van der Waals surface area (Å²) in [5.41, 5.74) is 9.81. The average Bonchev–Trinajstić information content (AvgIpc) is 3.63. The summed E-state index contributed by atoms with van der Waals surface area (Å²) in [6.07, 6.45) is 3.45. The van der Waals surface area contributed by atoms with Crippen LogP contribution in [0.4, 0.5) is 0 Å². The molecule has 1 aliphatic heterocycles. The molecule has 1 aromatic carbocycles. The zero-order valence-corrected chi connectivity index (χ0v) is 17.6. The number of fused-ring (bicyclic) bond motifs is 1. The van der Waals surface area contributed by atoms with E-state index in [9.17, 15) is 9.90 Å². The molecule has 2 aliphatic carbocycles. The van der Waals surface area contributed by atoms with Gasteiger partial charge in [-0.05, 0) is 55.0 Å². The number of aliphatic hydroxyl groups is 1. The zero-order valence-electron chi connectivity index (χ0n) is 17.6. The number of carbonyl (C=O) groups is 1. The lowest BCUT2D eigenvalue weighted by molar-refractivity contribution is 0.0923. The van der Waals surface area contributed by atoms with E-state index in [-0.39, 0.29) is 11.4 Å². The molecule has 160 valence electrons. The predicted octanol–water partition coefficient (Wildman–Crippen LogP) is 2.17. The smallest absolute Gasteiger partial charge is 0.268 e. The maximum absolute atomic E-state index is 13.3. The van der Waals surface area contributed by atoms with Crippen molar-refractivity contribution in [2.24, 2.45) is 7.05 Å². The van der Waals surface area contributed by atoms with Gasteiger partial charge in [0.25, 0.3) is 5.91 Å². The molecule has 1 amide bonds. The Bertz CT molecular complexity index is 1190. The summed E-state index contributed by atoms with van der Waals surface area (Å²) in [5, 5.41) is 14.7. The molecule has 31 heavy (non-hydrogen) atoms. The summed E-state index contributed by atoms with van der Waals surface area (Å²) in [4.78, 5) is 18.1. The molecule has 4 N–H and O–H groups in total. The van der Waals surface area contributed by atoms with Crippen LogP contribution in [-0.4, -0.2) is 33.7 Å². The Morgan fingerprint density at radius 2 is 1.84 bits per heavy atom. The minimum absolute atomic E-state index is 0.0840. The average molecular weight is 418 g/mol. The van der Waals surface area contributed by atoms with E-state index in [1.165, 1.54) is 0 Å². The Labute approximate surface area is 180 Å². The van der Waals surface area contributed by atoms with Crippen molar-refractivity contribution >= 4 is 16.9 Å². The minimum atomic E-state index is -0.667. The Kier molecular flexibility index (Phi) is 4.06. The van der Waals surface area contributed by atoms with E-state index in [0.717, 1.165) is 66.6 Å². The first kappa shape index (κ1) is 19.0. The highest BCUT2D eigenvalue weighted by atomic mass is 16.3. The van der Waals surface area contributed by atoms with E-state index in [0.29, 0.717) is 11.6 Å². The van der Waals surface area contributed by atoms with Crippen LogP contribution in [-0.2, 0) is 18.2 Å². The molecular formula is C24H27N5O2. The number of nitrogens with one attached hydrogen (secondary N) is 3. The fourth-order valence-electron chi connectivity index (χ4n) is 4.74. The van der Waals surface area contributed by atoms with Crippen molar-refractivity contribution in [1.29, 1.82) is 0 Å². The summed E-state index contributed by atoms with van der Waals surface area (Å²) >= 11 is 0. The molecule has 0 radical (unpaired) electrons. The molecule has 0 spiro atoms. The second-order valence-corrected chi connectivity index (χ2v) is 9.34. The van der Waals surface area contributed by atoms with E-state index >= 15 is 0 Å². The van der Waals surface area contributed by atoms with Crippen LogP contribution in [0, 0.1) is 0 Å². The highest BCUT2D eigenvalue weighted by Crippen LogP contribution is 2.49. The molecule has 0 unspecified atom stereocenters. The molecule has 0 atom stereocenters. The first-order chi connectivity index (χ1) is 15.0. The number of carbonyl (C=O) groups excluding carboxylic acids is 1. The summed E-state index contributed by atoms with van der Waals surface area (Å²) in [5.74, 6) is 0.249. The van der Waals surface area contributed by atoms with Gasteiger partial charge in [-0.15, -0.1) is 0 Å². The third kappa shape index (κ3) is 3.15. The van der Waals surface area contributed by atoms with E-state index in [1.807, 2.05) is 29.8 Å². The van der Waals surface area contributed by atoms with Gasteiger partial charge in [-0.1, -0.05) is 24.3 Å². The van der Waals surface area contributed by atoms with Crippen LogP contribution >= 0.6 is 0 Å². The van der Waals surface area contributed by atoms with Crippen LogP contribution in [0.5, 0.6) is 0 Å². The van der Waals surface area contributed by atoms with E-state index < -0.39 is 5.60 Å². The Balaban J connectivity index is 1.28. The molecule has 3 aromatic rings. The summed E-state index contributed by atoms with van der Waals surface area (Å²) in [6.45, 7) is 1.71.